The molecule has 0 aromatic heterocycles. The van der Waals surface area contributed by atoms with Crippen molar-refractivity contribution >= 4 is 16.0 Å². The minimum atomic E-state index is -3.88. The Labute approximate surface area is 124 Å². The first kappa shape index (κ1) is 17.6. The van der Waals surface area contributed by atoms with Gasteiger partial charge in [0.05, 0.1) is 10.5 Å². The van der Waals surface area contributed by atoms with E-state index in [4.69, 9.17) is 5.11 Å². The van der Waals surface area contributed by atoms with E-state index in [9.17, 15) is 17.6 Å². The van der Waals surface area contributed by atoms with Crippen LogP contribution >= 0.6 is 0 Å². The van der Waals surface area contributed by atoms with E-state index in [1.165, 1.54) is 0 Å². The van der Waals surface area contributed by atoms with E-state index in [2.05, 4.69) is 4.72 Å². The van der Waals surface area contributed by atoms with E-state index in [-0.39, 0.29) is 16.9 Å². The van der Waals surface area contributed by atoms with Gasteiger partial charge in [0.15, 0.2) is 0 Å². The smallest absolute Gasteiger partial charge is 0.338 e. The summed E-state index contributed by atoms with van der Waals surface area (Å²) in [6.07, 6.45) is 1.65. The summed E-state index contributed by atoms with van der Waals surface area (Å²) in [6, 6.07) is 2.45. The van der Waals surface area contributed by atoms with Gasteiger partial charge in [0.2, 0.25) is 10.0 Å². The molecule has 0 aliphatic carbocycles. The second-order valence-electron chi connectivity index (χ2n) is 4.93. The Hall–Kier alpha value is -1.47. The Morgan fingerprint density at radius 3 is 2.38 bits per heavy atom. The first-order valence-electron chi connectivity index (χ1n) is 6.78. The quantitative estimate of drug-likeness (QED) is 0.810. The van der Waals surface area contributed by atoms with Crippen LogP contribution in [0.1, 0.15) is 44.0 Å². The lowest BCUT2D eigenvalue weighted by molar-refractivity contribution is 0.0691. The van der Waals surface area contributed by atoms with E-state index in [1.807, 2.05) is 13.8 Å². The summed E-state index contributed by atoms with van der Waals surface area (Å²) < 4.78 is 40.3. The Kier molecular flexibility index (Phi) is 5.86. The van der Waals surface area contributed by atoms with Crippen molar-refractivity contribution in [2.75, 3.05) is 0 Å². The third-order valence-corrected chi connectivity index (χ3v) is 5.13. The molecule has 21 heavy (non-hydrogen) atoms. The number of hydrogen-bond acceptors (Lipinski definition) is 3. The number of halogens is 1. The average Bonchev–Trinajstić information content (AvgIpc) is 2.39. The lowest BCUT2D eigenvalue weighted by Gasteiger charge is -2.22. The molecule has 0 heterocycles. The third-order valence-electron chi connectivity index (χ3n) is 3.58. The van der Waals surface area contributed by atoms with Crippen LogP contribution in [-0.4, -0.2) is 25.5 Å². The van der Waals surface area contributed by atoms with Crippen LogP contribution < -0.4 is 4.72 Å². The third kappa shape index (κ3) is 4.25. The SMILES string of the molecule is CCC(CC)C(C)NS(=O)(=O)c1ccc(F)c(C(=O)O)c1. The summed E-state index contributed by atoms with van der Waals surface area (Å²) in [5.74, 6) is -2.29. The maximum Gasteiger partial charge on any atom is 0.338 e. The second kappa shape index (κ2) is 7.00. The molecule has 118 valence electrons. The Morgan fingerprint density at radius 1 is 1.33 bits per heavy atom. The fourth-order valence-electron chi connectivity index (χ4n) is 2.24. The number of sulfonamides is 1. The Bertz CT molecular complexity index is 611. The van der Waals surface area contributed by atoms with Crippen LogP contribution in [0.2, 0.25) is 0 Å². The highest BCUT2D eigenvalue weighted by Gasteiger charge is 2.23. The maximum atomic E-state index is 13.3. The van der Waals surface area contributed by atoms with Gasteiger partial charge >= 0.3 is 5.97 Å². The van der Waals surface area contributed by atoms with Crippen LogP contribution in [0.3, 0.4) is 0 Å². The summed E-state index contributed by atoms with van der Waals surface area (Å²) in [6.45, 7) is 5.70. The molecule has 1 atom stereocenters. The van der Waals surface area contributed by atoms with Crippen molar-refractivity contribution in [1.82, 2.24) is 4.72 Å². The van der Waals surface area contributed by atoms with Gasteiger partial charge in [-0.15, -0.1) is 0 Å². The highest BCUT2D eigenvalue weighted by atomic mass is 32.2. The fourth-order valence-corrected chi connectivity index (χ4v) is 3.58. The van der Waals surface area contributed by atoms with Crippen LogP contribution in [0.15, 0.2) is 23.1 Å². The summed E-state index contributed by atoms with van der Waals surface area (Å²) in [5.41, 5.74) is -0.659. The van der Waals surface area contributed by atoms with Gasteiger partial charge in [0.25, 0.3) is 0 Å². The van der Waals surface area contributed by atoms with Crippen LogP contribution in [0.25, 0.3) is 0 Å². The van der Waals surface area contributed by atoms with Crippen LogP contribution in [0.5, 0.6) is 0 Å². The Morgan fingerprint density at radius 2 is 1.90 bits per heavy atom. The molecule has 5 nitrogen and oxygen atoms in total. The van der Waals surface area contributed by atoms with Gasteiger partial charge in [-0.2, -0.15) is 0 Å². The highest BCUT2D eigenvalue weighted by molar-refractivity contribution is 7.89. The standard InChI is InChI=1S/C14H20FNO4S/c1-4-10(5-2)9(3)16-21(19,20)11-6-7-13(15)12(8-11)14(17)18/h6-10,16H,4-5H2,1-3H3,(H,17,18). The van der Waals surface area contributed by atoms with E-state index in [1.54, 1.807) is 6.92 Å². The number of carboxylic acids is 1. The predicted octanol–water partition coefficient (Wildman–Crippen LogP) is 2.63. The molecule has 0 spiro atoms. The molecule has 0 saturated heterocycles. The first-order valence-corrected chi connectivity index (χ1v) is 8.26. The fraction of sp³-hybridized carbons (Fsp3) is 0.500. The van der Waals surface area contributed by atoms with Crippen LogP contribution in [-0.2, 0) is 10.0 Å². The zero-order chi connectivity index (χ0) is 16.2. The zero-order valence-corrected chi connectivity index (χ0v) is 13.1. The number of carboxylic acid groups (broad SMARTS) is 1. The average molecular weight is 317 g/mol. The zero-order valence-electron chi connectivity index (χ0n) is 12.3. The maximum absolute atomic E-state index is 13.3. The van der Waals surface area contributed by atoms with Crippen molar-refractivity contribution in [3.8, 4) is 0 Å². The number of hydrogen-bond donors (Lipinski definition) is 2. The van der Waals surface area contributed by atoms with Crippen molar-refractivity contribution < 1.29 is 22.7 Å². The summed E-state index contributed by atoms with van der Waals surface area (Å²) in [7, 11) is -3.88. The van der Waals surface area contributed by atoms with E-state index in [0.717, 1.165) is 31.0 Å². The molecule has 0 saturated carbocycles. The van der Waals surface area contributed by atoms with Gasteiger partial charge < -0.3 is 5.11 Å². The van der Waals surface area contributed by atoms with Crippen molar-refractivity contribution in [1.29, 1.82) is 0 Å². The first-order chi connectivity index (χ1) is 9.72. The minimum absolute atomic E-state index is 0.180. The van der Waals surface area contributed by atoms with Gasteiger partial charge in [0.1, 0.15) is 5.82 Å². The molecular formula is C14H20FNO4S. The summed E-state index contributed by atoms with van der Waals surface area (Å²) in [4.78, 5) is 10.6. The molecule has 7 heteroatoms. The molecular weight excluding hydrogens is 297 g/mol. The molecule has 0 aliphatic heterocycles. The molecule has 1 unspecified atom stereocenters. The van der Waals surface area contributed by atoms with Crippen molar-refractivity contribution in [2.45, 2.75) is 44.6 Å². The van der Waals surface area contributed by atoms with Gasteiger partial charge in [-0.3, -0.25) is 0 Å². The molecule has 1 rings (SSSR count). The number of nitrogens with one attached hydrogen (secondary N) is 1. The van der Waals surface area contributed by atoms with E-state index < -0.39 is 27.4 Å². The van der Waals surface area contributed by atoms with Crippen LogP contribution in [0, 0.1) is 11.7 Å². The predicted molar refractivity (Wildman–Crippen MR) is 77.2 cm³/mol. The Balaban J connectivity index is 3.09. The number of benzene rings is 1. The number of aromatic carboxylic acids is 1. The topological polar surface area (TPSA) is 83.5 Å². The van der Waals surface area contributed by atoms with Crippen molar-refractivity contribution in [3.05, 3.63) is 29.6 Å². The van der Waals surface area contributed by atoms with Gasteiger partial charge in [-0.1, -0.05) is 26.7 Å². The second-order valence-corrected chi connectivity index (χ2v) is 6.65. The minimum Gasteiger partial charge on any atom is -0.478 e. The highest BCUT2D eigenvalue weighted by Crippen LogP contribution is 2.18. The van der Waals surface area contributed by atoms with E-state index in [0.29, 0.717) is 0 Å². The van der Waals surface area contributed by atoms with Crippen molar-refractivity contribution in [2.24, 2.45) is 5.92 Å². The van der Waals surface area contributed by atoms with Gasteiger partial charge in [-0.25, -0.2) is 22.3 Å². The molecule has 0 fully saturated rings. The molecule has 0 bridgehead atoms. The molecule has 2 N–H and O–H groups in total. The monoisotopic (exact) mass is 317 g/mol. The van der Waals surface area contributed by atoms with Crippen molar-refractivity contribution in [3.63, 3.8) is 0 Å². The van der Waals surface area contributed by atoms with Gasteiger partial charge in [0, 0.05) is 6.04 Å². The number of carbonyl (C=O) groups is 1. The molecule has 1 aromatic carbocycles. The molecule has 0 amide bonds. The van der Waals surface area contributed by atoms with E-state index >= 15 is 0 Å². The normalized spacial score (nSPS) is 13.4. The largest absolute Gasteiger partial charge is 0.478 e. The lowest BCUT2D eigenvalue weighted by Crippen LogP contribution is -2.37. The van der Waals surface area contributed by atoms with Crippen LogP contribution in [0.4, 0.5) is 4.39 Å². The molecule has 1 aromatic rings. The lowest BCUT2D eigenvalue weighted by atomic mass is 9.96. The summed E-state index contributed by atoms with van der Waals surface area (Å²) in [5, 5.41) is 8.85. The molecule has 0 aliphatic rings. The number of rotatable bonds is 7. The molecule has 0 radical (unpaired) electrons. The summed E-state index contributed by atoms with van der Waals surface area (Å²) >= 11 is 0. The van der Waals surface area contributed by atoms with Gasteiger partial charge in [-0.05, 0) is 31.0 Å².